The van der Waals surface area contributed by atoms with Crippen molar-refractivity contribution in [2.24, 2.45) is 0 Å². The van der Waals surface area contributed by atoms with Gasteiger partial charge in [-0.25, -0.2) is 4.79 Å². The number of aryl methyl sites for hydroxylation is 3. The number of carbonyl (C=O) groups is 1. The van der Waals surface area contributed by atoms with Gasteiger partial charge in [-0.05, 0) is 67.9 Å². The fraction of sp³-hybridized carbons (Fsp3) is 0.389. The maximum atomic E-state index is 11.2. The lowest BCUT2D eigenvalue weighted by molar-refractivity contribution is 0.0701. The number of carboxylic acids is 1. The third kappa shape index (κ3) is 3.69. The number of rotatable bonds is 6. The number of phenolic OH excluding ortho intramolecular Hbond substituents is 1. The molecule has 3 nitrogen and oxygen atoms in total. The van der Waals surface area contributed by atoms with Crippen molar-refractivity contribution in [2.75, 3.05) is 0 Å². The minimum atomic E-state index is -0.835. The standard InChI is InChI=1S/C18H22O3S/c1-4-14(16-10-12(3)17(22-16)18(20)21)7-5-13-6-8-15(19)11(2)9-13/h6,8-10,14,19H,4-5,7H2,1-3H3,(H,20,21). The van der Waals surface area contributed by atoms with E-state index >= 15 is 0 Å². The average molecular weight is 318 g/mol. The number of aromatic hydroxyl groups is 1. The summed E-state index contributed by atoms with van der Waals surface area (Å²) in [4.78, 5) is 12.8. The van der Waals surface area contributed by atoms with Crippen LogP contribution in [0.4, 0.5) is 0 Å². The van der Waals surface area contributed by atoms with Crippen LogP contribution in [0.2, 0.25) is 0 Å². The minimum absolute atomic E-state index is 0.329. The van der Waals surface area contributed by atoms with Gasteiger partial charge in [0.2, 0.25) is 0 Å². The summed E-state index contributed by atoms with van der Waals surface area (Å²) < 4.78 is 0. The van der Waals surface area contributed by atoms with E-state index in [0.717, 1.165) is 35.3 Å². The van der Waals surface area contributed by atoms with E-state index in [9.17, 15) is 15.0 Å². The van der Waals surface area contributed by atoms with E-state index in [1.807, 2.05) is 32.0 Å². The van der Waals surface area contributed by atoms with Gasteiger partial charge < -0.3 is 10.2 Å². The molecule has 2 aromatic rings. The van der Waals surface area contributed by atoms with Crippen LogP contribution in [-0.4, -0.2) is 16.2 Å². The van der Waals surface area contributed by atoms with E-state index in [0.29, 0.717) is 16.5 Å². The van der Waals surface area contributed by atoms with Crippen molar-refractivity contribution in [3.05, 3.63) is 50.7 Å². The van der Waals surface area contributed by atoms with E-state index in [1.54, 1.807) is 6.07 Å². The first-order chi connectivity index (χ1) is 10.4. The quantitative estimate of drug-likeness (QED) is 0.797. The number of benzene rings is 1. The van der Waals surface area contributed by atoms with Gasteiger partial charge in [0.05, 0.1) is 0 Å². The zero-order valence-corrected chi connectivity index (χ0v) is 14.0. The molecule has 0 aliphatic rings. The van der Waals surface area contributed by atoms with Crippen molar-refractivity contribution in [3.63, 3.8) is 0 Å². The molecule has 0 bridgehead atoms. The Hall–Kier alpha value is -1.81. The van der Waals surface area contributed by atoms with Crippen molar-refractivity contribution >= 4 is 17.3 Å². The fourth-order valence-electron chi connectivity index (χ4n) is 2.68. The second-order valence-corrected chi connectivity index (χ2v) is 6.81. The summed E-state index contributed by atoms with van der Waals surface area (Å²) in [6.45, 7) is 5.90. The molecular weight excluding hydrogens is 296 g/mol. The van der Waals surface area contributed by atoms with Gasteiger partial charge in [-0.15, -0.1) is 11.3 Å². The number of hydrogen-bond donors (Lipinski definition) is 2. The lowest BCUT2D eigenvalue weighted by Crippen LogP contribution is -1.98. The molecule has 0 fully saturated rings. The van der Waals surface area contributed by atoms with Crippen LogP contribution >= 0.6 is 11.3 Å². The van der Waals surface area contributed by atoms with Crippen molar-refractivity contribution in [1.82, 2.24) is 0 Å². The highest BCUT2D eigenvalue weighted by Crippen LogP contribution is 2.33. The molecule has 1 aromatic carbocycles. The van der Waals surface area contributed by atoms with Gasteiger partial charge in [0, 0.05) is 4.88 Å². The van der Waals surface area contributed by atoms with E-state index in [-0.39, 0.29) is 0 Å². The molecule has 1 heterocycles. The van der Waals surface area contributed by atoms with Crippen LogP contribution in [0.1, 0.15) is 56.9 Å². The average Bonchev–Trinajstić information content (AvgIpc) is 2.85. The molecule has 1 atom stereocenters. The maximum absolute atomic E-state index is 11.2. The Balaban J connectivity index is 2.10. The molecular formula is C18H22O3S. The molecule has 2 N–H and O–H groups in total. The predicted molar refractivity (Wildman–Crippen MR) is 90.2 cm³/mol. The normalized spacial score (nSPS) is 12.3. The highest BCUT2D eigenvalue weighted by atomic mass is 32.1. The number of phenols is 1. The molecule has 4 heteroatoms. The second kappa shape index (κ2) is 6.97. The van der Waals surface area contributed by atoms with Crippen LogP contribution in [-0.2, 0) is 6.42 Å². The van der Waals surface area contributed by atoms with Gasteiger partial charge in [0.15, 0.2) is 0 Å². The second-order valence-electron chi connectivity index (χ2n) is 5.73. The summed E-state index contributed by atoms with van der Waals surface area (Å²) in [5.41, 5.74) is 2.96. The van der Waals surface area contributed by atoms with E-state index < -0.39 is 5.97 Å². The molecule has 118 valence electrons. The third-order valence-corrected chi connectivity index (χ3v) is 5.46. The Kier molecular flexibility index (Phi) is 5.24. The third-order valence-electron chi connectivity index (χ3n) is 4.07. The van der Waals surface area contributed by atoms with Gasteiger partial charge in [0.1, 0.15) is 10.6 Å². The summed E-state index contributed by atoms with van der Waals surface area (Å²) in [6.07, 6.45) is 2.91. The highest BCUT2D eigenvalue weighted by molar-refractivity contribution is 7.14. The summed E-state index contributed by atoms with van der Waals surface area (Å²) in [5, 5.41) is 18.8. The Morgan fingerprint density at radius 2 is 1.95 bits per heavy atom. The summed E-state index contributed by atoms with van der Waals surface area (Å²) >= 11 is 1.40. The summed E-state index contributed by atoms with van der Waals surface area (Å²) in [6, 6.07) is 7.73. The molecule has 1 aromatic heterocycles. The van der Waals surface area contributed by atoms with Crippen LogP contribution < -0.4 is 0 Å². The first-order valence-corrected chi connectivity index (χ1v) is 8.36. The number of aromatic carboxylic acids is 1. The van der Waals surface area contributed by atoms with Crippen molar-refractivity contribution in [1.29, 1.82) is 0 Å². The Morgan fingerprint density at radius 1 is 1.23 bits per heavy atom. The Bertz CT molecular complexity index is 673. The zero-order chi connectivity index (χ0) is 16.3. The van der Waals surface area contributed by atoms with Crippen LogP contribution in [0.15, 0.2) is 24.3 Å². The molecule has 0 saturated heterocycles. The van der Waals surface area contributed by atoms with E-state index in [1.165, 1.54) is 16.9 Å². The van der Waals surface area contributed by atoms with Gasteiger partial charge in [-0.1, -0.05) is 19.1 Å². The summed E-state index contributed by atoms with van der Waals surface area (Å²) in [7, 11) is 0. The van der Waals surface area contributed by atoms with Crippen LogP contribution in [0.25, 0.3) is 0 Å². The largest absolute Gasteiger partial charge is 0.508 e. The van der Waals surface area contributed by atoms with Crippen LogP contribution in [0.3, 0.4) is 0 Å². The van der Waals surface area contributed by atoms with E-state index in [4.69, 9.17) is 0 Å². The van der Waals surface area contributed by atoms with Gasteiger partial charge >= 0.3 is 5.97 Å². The smallest absolute Gasteiger partial charge is 0.346 e. The number of carboxylic acid groups (broad SMARTS) is 1. The molecule has 2 rings (SSSR count). The number of thiophene rings is 1. The molecule has 0 aliphatic carbocycles. The highest BCUT2D eigenvalue weighted by Gasteiger charge is 2.18. The van der Waals surface area contributed by atoms with Crippen LogP contribution in [0, 0.1) is 13.8 Å². The van der Waals surface area contributed by atoms with E-state index in [2.05, 4.69) is 6.92 Å². The fourth-order valence-corrected chi connectivity index (χ4v) is 3.91. The monoisotopic (exact) mass is 318 g/mol. The van der Waals surface area contributed by atoms with Gasteiger partial charge in [-0.2, -0.15) is 0 Å². The summed E-state index contributed by atoms with van der Waals surface area (Å²) in [5.74, 6) is -0.126. The Labute approximate surface area is 135 Å². The van der Waals surface area contributed by atoms with Crippen molar-refractivity contribution in [3.8, 4) is 5.75 Å². The Morgan fingerprint density at radius 3 is 2.50 bits per heavy atom. The van der Waals surface area contributed by atoms with Crippen LogP contribution in [0.5, 0.6) is 5.75 Å². The lowest BCUT2D eigenvalue weighted by atomic mass is 9.94. The molecule has 0 spiro atoms. The lowest BCUT2D eigenvalue weighted by Gasteiger charge is -2.13. The molecule has 0 aliphatic heterocycles. The topological polar surface area (TPSA) is 57.5 Å². The predicted octanol–water partition coefficient (Wildman–Crippen LogP) is 4.90. The minimum Gasteiger partial charge on any atom is -0.508 e. The molecule has 0 radical (unpaired) electrons. The van der Waals surface area contributed by atoms with Gasteiger partial charge in [-0.3, -0.25) is 0 Å². The molecule has 0 amide bonds. The van der Waals surface area contributed by atoms with Crippen molar-refractivity contribution in [2.45, 2.75) is 46.0 Å². The zero-order valence-electron chi connectivity index (χ0n) is 13.2. The maximum Gasteiger partial charge on any atom is 0.346 e. The first-order valence-electron chi connectivity index (χ1n) is 7.54. The number of hydrogen-bond acceptors (Lipinski definition) is 3. The van der Waals surface area contributed by atoms with Crippen molar-refractivity contribution < 1.29 is 15.0 Å². The van der Waals surface area contributed by atoms with Gasteiger partial charge in [0.25, 0.3) is 0 Å². The molecule has 1 unspecified atom stereocenters. The SMILES string of the molecule is CCC(CCc1ccc(O)c(C)c1)c1cc(C)c(C(=O)O)s1. The molecule has 22 heavy (non-hydrogen) atoms. The molecule has 0 saturated carbocycles. The first kappa shape index (κ1) is 16.6.